The van der Waals surface area contributed by atoms with Crippen LogP contribution in [0.3, 0.4) is 0 Å². The van der Waals surface area contributed by atoms with Crippen molar-refractivity contribution in [1.29, 1.82) is 0 Å². The Morgan fingerprint density at radius 3 is 2.64 bits per heavy atom. The number of carbonyl (C=O) groups excluding carboxylic acids is 1. The molecule has 1 heterocycles. The molecule has 0 radical (unpaired) electrons. The highest BCUT2D eigenvalue weighted by molar-refractivity contribution is 6.34. The minimum Gasteiger partial charge on any atom is -0.496 e. The van der Waals surface area contributed by atoms with E-state index in [4.69, 9.17) is 4.74 Å². The summed E-state index contributed by atoms with van der Waals surface area (Å²) < 4.78 is 18.8. The Morgan fingerprint density at radius 1 is 1.14 bits per heavy atom. The molecule has 0 aliphatic carbocycles. The van der Waals surface area contributed by atoms with Gasteiger partial charge < -0.3 is 10.1 Å². The van der Waals surface area contributed by atoms with E-state index >= 15 is 0 Å². The molecular formula is C18H16FNO2. The predicted octanol–water partition coefficient (Wildman–Crippen LogP) is 3.94. The van der Waals surface area contributed by atoms with Crippen LogP contribution in [0.25, 0.3) is 11.6 Å². The fourth-order valence-electron chi connectivity index (χ4n) is 2.65. The Morgan fingerprint density at radius 2 is 1.91 bits per heavy atom. The lowest BCUT2D eigenvalue weighted by Gasteiger charge is -2.09. The first-order chi connectivity index (χ1) is 10.5. The Hall–Kier alpha value is -2.62. The third kappa shape index (κ3) is 2.37. The summed E-state index contributed by atoms with van der Waals surface area (Å²) in [6.45, 7) is 3.90. The van der Waals surface area contributed by atoms with Crippen LogP contribution >= 0.6 is 0 Å². The molecule has 0 fully saturated rings. The van der Waals surface area contributed by atoms with Crippen LogP contribution < -0.4 is 10.1 Å². The van der Waals surface area contributed by atoms with Gasteiger partial charge in [-0.05, 0) is 66.9 Å². The molecule has 3 rings (SSSR count). The number of hydrogen-bond donors (Lipinski definition) is 1. The topological polar surface area (TPSA) is 38.3 Å². The number of anilines is 1. The van der Waals surface area contributed by atoms with Crippen molar-refractivity contribution < 1.29 is 13.9 Å². The molecule has 0 spiro atoms. The first-order valence-corrected chi connectivity index (χ1v) is 6.98. The zero-order chi connectivity index (χ0) is 15.9. The number of rotatable bonds is 2. The van der Waals surface area contributed by atoms with E-state index in [1.807, 2.05) is 26.0 Å². The van der Waals surface area contributed by atoms with Crippen molar-refractivity contribution >= 4 is 23.2 Å². The quantitative estimate of drug-likeness (QED) is 0.853. The number of hydrogen-bond acceptors (Lipinski definition) is 2. The number of nitrogens with one attached hydrogen (secondary N) is 1. The number of carbonyl (C=O) groups is 1. The van der Waals surface area contributed by atoms with Gasteiger partial charge in [0, 0.05) is 16.8 Å². The van der Waals surface area contributed by atoms with Crippen molar-refractivity contribution in [2.24, 2.45) is 0 Å². The van der Waals surface area contributed by atoms with Gasteiger partial charge in [-0.2, -0.15) is 0 Å². The van der Waals surface area contributed by atoms with Crippen LogP contribution in [0.5, 0.6) is 5.75 Å². The number of benzene rings is 2. The third-order valence-corrected chi connectivity index (χ3v) is 3.85. The smallest absolute Gasteiger partial charge is 0.256 e. The van der Waals surface area contributed by atoms with Crippen molar-refractivity contribution in [3.63, 3.8) is 0 Å². The molecule has 1 aliphatic heterocycles. The van der Waals surface area contributed by atoms with Gasteiger partial charge in [-0.1, -0.05) is 0 Å². The minimum absolute atomic E-state index is 0.214. The second kappa shape index (κ2) is 5.30. The van der Waals surface area contributed by atoms with Crippen molar-refractivity contribution in [3.05, 3.63) is 58.4 Å². The maximum atomic E-state index is 13.5. The molecule has 0 bridgehead atoms. The lowest BCUT2D eigenvalue weighted by atomic mass is 9.99. The lowest BCUT2D eigenvalue weighted by Crippen LogP contribution is -2.03. The van der Waals surface area contributed by atoms with Gasteiger partial charge in [0.1, 0.15) is 11.6 Å². The van der Waals surface area contributed by atoms with Gasteiger partial charge in [0.15, 0.2) is 0 Å². The van der Waals surface area contributed by atoms with Crippen molar-refractivity contribution in [1.82, 2.24) is 0 Å². The highest BCUT2D eigenvalue weighted by Crippen LogP contribution is 2.34. The number of fused-ring (bicyclic) bond motifs is 1. The molecule has 4 heteroatoms. The molecule has 0 atom stereocenters. The molecule has 112 valence electrons. The lowest BCUT2D eigenvalue weighted by molar-refractivity contribution is -0.110. The van der Waals surface area contributed by atoms with Gasteiger partial charge in [-0.3, -0.25) is 4.79 Å². The molecule has 0 saturated heterocycles. The summed E-state index contributed by atoms with van der Waals surface area (Å²) in [6.07, 6.45) is 1.79. The molecule has 22 heavy (non-hydrogen) atoms. The average molecular weight is 297 g/mol. The van der Waals surface area contributed by atoms with Crippen molar-refractivity contribution in [2.45, 2.75) is 13.8 Å². The van der Waals surface area contributed by atoms with Gasteiger partial charge >= 0.3 is 0 Å². The summed E-state index contributed by atoms with van der Waals surface area (Å²) in [7, 11) is 1.63. The summed E-state index contributed by atoms with van der Waals surface area (Å²) in [5, 5.41) is 2.75. The molecule has 0 aromatic heterocycles. The van der Waals surface area contributed by atoms with Crippen LogP contribution in [0.1, 0.15) is 22.3 Å². The largest absolute Gasteiger partial charge is 0.496 e. The van der Waals surface area contributed by atoms with E-state index in [-0.39, 0.29) is 11.7 Å². The molecule has 2 aromatic carbocycles. The molecule has 1 N–H and O–H groups in total. The minimum atomic E-state index is -0.358. The first kappa shape index (κ1) is 14.3. The maximum absolute atomic E-state index is 13.5. The van der Waals surface area contributed by atoms with Crippen molar-refractivity contribution in [2.75, 3.05) is 12.4 Å². The number of methoxy groups -OCH3 is 1. The van der Waals surface area contributed by atoms with Gasteiger partial charge in [0.05, 0.1) is 7.11 Å². The molecule has 2 aromatic rings. The van der Waals surface area contributed by atoms with Gasteiger partial charge in [-0.25, -0.2) is 4.39 Å². The Bertz CT molecular complexity index is 809. The monoisotopic (exact) mass is 297 g/mol. The number of aryl methyl sites for hydroxylation is 2. The molecule has 3 nitrogen and oxygen atoms in total. The SMILES string of the molecule is COc1cc(C)c(/C=C2/C(=O)Nc3ccc(F)cc32)cc1C. The normalized spacial score (nSPS) is 14.9. The summed E-state index contributed by atoms with van der Waals surface area (Å²) in [4.78, 5) is 12.1. The summed E-state index contributed by atoms with van der Waals surface area (Å²) >= 11 is 0. The molecule has 1 amide bonds. The van der Waals surface area contributed by atoms with E-state index in [1.54, 1.807) is 19.3 Å². The Labute approximate surface area is 128 Å². The van der Waals surface area contributed by atoms with E-state index < -0.39 is 0 Å². The van der Waals surface area contributed by atoms with E-state index in [9.17, 15) is 9.18 Å². The van der Waals surface area contributed by atoms with Crippen LogP contribution in [0.15, 0.2) is 30.3 Å². The first-order valence-electron chi connectivity index (χ1n) is 6.98. The standard InChI is InChI=1S/C18H16FNO2/c1-10-7-17(22-3)11(2)6-12(10)8-15-14-9-13(19)4-5-16(14)20-18(15)21/h4-9H,1-3H3,(H,20,21)/b15-8+. The third-order valence-electron chi connectivity index (χ3n) is 3.85. The molecule has 1 aliphatic rings. The van der Waals surface area contributed by atoms with Crippen LogP contribution in [-0.4, -0.2) is 13.0 Å². The maximum Gasteiger partial charge on any atom is 0.256 e. The van der Waals surface area contributed by atoms with Gasteiger partial charge in [0.25, 0.3) is 5.91 Å². The summed E-state index contributed by atoms with van der Waals surface area (Å²) in [5.41, 5.74) is 4.60. The second-order valence-electron chi connectivity index (χ2n) is 5.38. The molecular weight excluding hydrogens is 281 g/mol. The van der Waals surface area contributed by atoms with E-state index in [2.05, 4.69) is 5.32 Å². The highest BCUT2D eigenvalue weighted by Gasteiger charge is 2.24. The number of halogens is 1. The van der Waals surface area contributed by atoms with Crippen LogP contribution in [-0.2, 0) is 4.79 Å². The molecule has 0 unspecified atom stereocenters. The highest BCUT2D eigenvalue weighted by atomic mass is 19.1. The predicted molar refractivity (Wildman–Crippen MR) is 85.4 cm³/mol. The van der Waals surface area contributed by atoms with Crippen LogP contribution in [0.4, 0.5) is 10.1 Å². The second-order valence-corrected chi connectivity index (χ2v) is 5.38. The fourth-order valence-corrected chi connectivity index (χ4v) is 2.65. The van der Waals surface area contributed by atoms with Crippen LogP contribution in [0, 0.1) is 19.7 Å². The fraction of sp³-hybridized carbons (Fsp3) is 0.167. The van der Waals surface area contributed by atoms with Crippen molar-refractivity contribution in [3.8, 4) is 5.75 Å². The summed E-state index contributed by atoms with van der Waals surface area (Å²) in [5.74, 6) is 0.235. The number of amides is 1. The van der Waals surface area contributed by atoms with E-state index in [0.29, 0.717) is 16.8 Å². The van der Waals surface area contributed by atoms with Crippen LogP contribution in [0.2, 0.25) is 0 Å². The average Bonchev–Trinajstić information content (AvgIpc) is 2.78. The zero-order valence-electron chi connectivity index (χ0n) is 12.7. The number of ether oxygens (including phenoxy) is 1. The zero-order valence-corrected chi connectivity index (χ0v) is 12.7. The molecule has 0 saturated carbocycles. The van der Waals surface area contributed by atoms with E-state index in [0.717, 1.165) is 22.4 Å². The summed E-state index contributed by atoms with van der Waals surface area (Å²) in [6, 6.07) is 8.19. The van der Waals surface area contributed by atoms with E-state index in [1.165, 1.54) is 12.1 Å². The Kier molecular flexibility index (Phi) is 3.45. The van der Waals surface area contributed by atoms with Gasteiger partial charge in [-0.15, -0.1) is 0 Å². The Balaban J connectivity index is 2.12. The van der Waals surface area contributed by atoms with Gasteiger partial charge in [0.2, 0.25) is 0 Å².